The van der Waals surface area contributed by atoms with Crippen molar-refractivity contribution in [1.82, 2.24) is 35.4 Å². The van der Waals surface area contributed by atoms with Gasteiger partial charge < -0.3 is 29.5 Å². The minimum absolute atomic E-state index is 0.0818. The van der Waals surface area contributed by atoms with Crippen molar-refractivity contribution in [2.75, 3.05) is 6.61 Å². The van der Waals surface area contributed by atoms with Crippen LogP contribution in [0, 0.1) is 19.8 Å². The quantitative estimate of drug-likeness (QED) is 0.0293. The number of carbonyl (C=O) groups is 4. The summed E-state index contributed by atoms with van der Waals surface area (Å²) in [5, 5.41) is 18.2. The number of Topliss-reactive ketones (excluding diaryl/α,β-unsaturated/α-hetero) is 1. The van der Waals surface area contributed by atoms with Crippen LogP contribution in [0.2, 0.25) is 0 Å². The first-order chi connectivity index (χ1) is 36.6. The highest BCUT2D eigenvalue weighted by Crippen LogP contribution is 2.35. The van der Waals surface area contributed by atoms with Gasteiger partial charge in [-0.15, -0.1) is 5.10 Å². The summed E-state index contributed by atoms with van der Waals surface area (Å²) in [7, 11) is -0.629. The lowest BCUT2D eigenvalue weighted by Crippen LogP contribution is -2.58. The van der Waals surface area contributed by atoms with Crippen LogP contribution in [0.1, 0.15) is 106 Å². The molecule has 4 aromatic carbocycles. The fraction of sp³-hybridized carbons (Fsp3) is 0.361. The molecule has 3 amide bonds. The zero-order valence-corrected chi connectivity index (χ0v) is 44.8. The van der Waals surface area contributed by atoms with Gasteiger partial charge in [0, 0.05) is 48.1 Å². The van der Waals surface area contributed by atoms with Crippen LogP contribution in [0.5, 0.6) is 0 Å². The molecule has 0 bridgehead atoms. The third-order valence-corrected chi connectivity index (χ3v) is 14.3. The Kier molecular flexibility index (Phi) is 17.9. The van der Waals surface area contributed by atoms with E-state index in [0.717, 1.165) is 80.2 Å². The number of nitrogens with one attached hydrogen (secondary N) is 3. The lowest BCUT2D eigenvalue weighted by atomic mass is 9.93. The number of benzene rings is 4. The number of aryl methyl sites for hydroxylation is 3. The number of halogens is 1. The van der Waals surface area contributed by atoms with Crippen LogP contribution >= 0.6 is 0 Å². The van der Waals surface area contributed by atoms with Crippen molar-refractivity contribution in [3.05, 3.63) is 184 Å². The van der Waals surface area contributed by atoms with E-state index in [-0.39, 0.29) is 37.6 Å². The predicted octanol–water partition coefficient (Wildman–Crippen LogP) is 9.12. The average Bonchev–Trinajstić information content (AvgIpc) is 3.68. The third-order valence-electron chi connectivity index (χ3n) is 14.3. The summed E-state index contributed by atoms with van der Waals surface area (Å²) < 4.78 is 23.3. The maximum Gasteiger partial charge on any atom is 0.448 e. The fourth-order valence-corrected chi connectivity index (χ4v) is 10.2. The Morgan fingerprint density at radius 3 is 1.84 bits per heavy atom. The number of rotatable bonds is 25. The Labute approximate surface area is 446 Å². The molecular formula is C61H70BFN8O5. The number of hydrogen-bond acceptors (Lipinski definition) is 8. The lowest BCUT2D eigenvalue weighted by molar-refractivity contribution is -0.134. The van der Waals surface area contributed by atoms with E-state index in [1.807, 2.05) is 163 Å². The molecule has 1 saturated heterocycles. The van der Waals surface area contributed by atoms with Crippen LogP contribution < -0.4 is 16.0 Å². The molecule has 2 aliphatic rings. The maximum absolute atomic E-state index is 15.0. The zero-order chi connectivity index (χ0) is 53.9. The molecule has 0 unspecified atom stereocenters. The van der Waals surface area contributed by atoms with E-state index < -0.39 is 55.2 Å². The molecule has 1 fully saturated rings. The van der Waals surface area contributed by atoms with Crippen LogP contribution in [0.3, 0.4) is 0 Å². The maximum atomic E-state index is 15.0. The van der Waals surface area contributed by atoms with Crippen molar-refractivity contribution in [2.45, 2.75) is 130 Å². The van der Waals surface area contributed by atoms with Crippen molar-refractivity contribution in [1.29, 1.82) is 0 Å². The molecule has 394 valence electrons. The van der Waals surface area contributed by atoms with Crippen molar-refractivity contribution in [3.8, 4) is 11.1 Å². The first-order valence-electron chi connectivity index (χ1n) is 26.5. The van der Waals surface area contributed by atoms with Gasteiger partial charge >= 0.3 is 7.69 Å². The van der Waals surface area contributed by atoms with Crippen molar-refractivity contribution >= 4 is 42.5 Å². The Morgan fingerprint density at radius 1 is 0.724 bits per heavy atom. The summed E-state index contributed by atoms with van der Waals surface area (Å²) >= 11 is 0. The molecule has 6 aromatic rings. The Bertz CT molecular complexity index is 3090. The molecule has 76 heavy (non-hydrogen) atoms. The molecular weight excluding hydrogens is 955 g/mol. The van der Waals surface area contributed by atoms with Gasteiger partial charge in [-0.2, -0.15) is 0 Å². The molecule has 0 aliphatic carbocycles. The molecule has 0 spiro atoms. The first-order valence-corrected chi connectivity index (χ1v) is 26.5. The molecule has 15 heteroatoms. The molecule has 0 saturated carbocycles. The molecule has 3 N–H and O–H groups in total. The molecule has 4 heterocycles. The summed E-state index contributed by atoms with van der Waals surface area (Å²) in [6, 6.07) is 34.8. The van der Waals surface area contributed by atoms with Gasteiger partial charge in [0.25, 0.3) is 0 Å². The molecule has 8 rings (SSSR count). The van der Waals surface area contributed by atoms with Crippen LogP contribution in [-0.2, 0) is 49.6 Å². The van der Waals surface area contributed by atoms with E-state index in [1.165, 1.54) is 0 Å². The predicted molar refractivity (Wildman–Crippen MR) is 298 cm³/mol. The number of epoxide rings is 1. The molecule has 2 aliphatic heterocycles. The first kappa shape index (κ1) is 54.7. The van der Waals surface area contributed by atoms with Crippen LogP contribution in [-0.4, -0.2) is 86.7 Å². The second kappa shape index (κ2) is 24.9. The van der Waals surface area contributed by atoms with Crippen LogP contribution in [0.4, 0.5) is 4.32 Å². The smallest absolute Gasteiger partial charge is 0.363 e. The Morgan fingerprint density at radius 2 is 1.28 bits per heavy atom. The number of nitrogens with zero attached hydrogens (tertiary/aromatic N) is 5. The topological polar surface area (TPSA) is 165 Å². The summed E-state index contributed by atoms with van der Waals surface area (Å²) in [5.74, 6) is -1.67. The highest BCUT2D eigenvalue weighted by molar-refractivity contribution is 6.25. The second-order valence-electron chi connectivity index (χ2n) is 21.0. The van der Waals surface area contributed by atoms with Crippen molar-refractivity contribution in [2.24, 2.45) is 10.9 Å². The lowest BCUT2D eigenvalue weighted by Gasteiger charge is -2.27. The van der Waals surface area contributed by atoms with E-state index in [9.17, 15) is 18.7 Å². The van der Waals surface area contributed by atoms with Crippen LogP contribution in [0.25, 0.3) is 16.7 Å². The number of carbonyl (C=O) groups excluding carboxylic acids is 4. The number of unbranched alkanes of at least 4 members (excludes halogenated alkanes) is 1. The van der Waals surface area contributed by atoms with Gasteiger partial charge in [-0.3, -0.25) is 24.2 Å². The highest BCUT2D eigenvalue weighted by atomic mass is 19.1. The molecule has 13 nitrogen and oxygen atoms in total. The van der Waals surface area contributed by atoms with Crippen molar-refractivity contribution < 1.29 is 28.2 Å². The normalized spacial score (nSPS) is 17.2. The zero-order valence-electron chi connectivity index (χ0n) is 44.8. The van der Waals surface area contributed by atoms with E-state index >= 15 is 4.79 Å². The summed E-state index contributed by atoms with van der Waals surface area (Å²) in [6.07, 6.45) is 7.49. The van der Waals surface area contributed by atoms with Gasteiger partial charge in [0.2, 0.25) is 17.7 Å². The SMILES string of the molecule is CC1=CC(C)=N/C1=C(/CCCCc1cn([C@@H](Cc2ccccc2)C(=O)N[C@@H](Cc2ccc(-c3ccccc3)cc2)C(=O)N[C@@H](Cc2ccccc2)C(=O)N[C@@H](CC(C)C)C(=O)[C@@]2(C)CO2)nn1)c1c(C)cc(C)n1BF. The highest BCUT2D eigenvalue weighted by Gasteiger charge is 2.50. The van der Waals surface area contributed by atoms with E-state index in [0.29, 0.717) is 25.0 Å². The van der Waals surface area contributed by atoms with Gasteiger partial charge in [0.1, 0.15) is 23.7 Å². The largest absolute Gasteiger partial charge is 0.448 e. The minimum atomic E-state index is -1.14. The minimum Gasteiger partial charge on any atom is -0.363 e. The monoisotopic (exact) mass is 1020 g/mol. The van der Waals surface area contributed by atoms with Gasteiger partial charge in [0.15, 0.2) is 5.78 Å². The number of allylic oxidation sites excluding steroid dienone is 3. The van der Waals surface area contributed by atoms with Gasteiger partial charge in [-0.25, -0.2) is 4.68 Å². The summed E-state index contributed by atoms with van der Waals surface area (Å²) in [4.78, 5) is 63.0. The van der Waals surface area contributed by atoms with Gasteiger partial charge in [-0.05, 0) is 124 Å². The molecule has 0 radical (unpaired) electrons. The number of hydrogen-bond donors (Lipinski definition) is 3. The number of amides is 3. The Hall–Kier alpha value is -7.52. The van der Waals surface area contributed by atoms with E-state index in [4.69, 9.17) is 9.73 Å². The van der Waals surface area contributed by atoms with Gasteiger partial charge in [-0.1, -0.05) is 134 Å². The molecule has 2 aromatic heterocycles. The number of ether oxygens (including phenoxy) is 1. The Balaban J connectivity index is 1.05. The second-order valence-corrected chi connectivity index (χ2v) is 21.0. The van der Waals surface area contributed by atoms with Gasteiger partial charge in [0.05, 0.1) is 24.0 Å². The molecule has 5 atom stereocenters. The number of aromatic nitrogens is 4. The average molecular weight is 1030 g/mol. The standard InChI is InChI=1S/C61H70BFN8O5/c1-39(2)31-51(57(72)61(7)38-76-61)65-58(73)52(34-44-19-11-8-12-20-44)66-59(74)53(35-46-27-29-48(30-28-46)47-23-15-10-16-24-47)67-60(75)54(36-45-21-13-9-14-22-45)70-37-49(68-69-70)25-17-18-26-50(55-40(3)32-42(5)64-55)56-41(4)33-43(6)71(56)62-63/h8-16,19-24,27-30,32-33,37,39,51-54,62H,17-18,25-26,31,34-36,38H2,1-7H3,(H,65,73)(H,66,74)(H,67,75)/b55-50-/t51-,52-,53-,54-,61+/m0/s1. The summed E-state index contributed by atoms with van der Waals surface area (Å²) in [5.41, 5.74) is 10.8. The summed E-state index contributed by atoms with van der Waals surface area (Å²) in [6.45, 7) is 13.9. The van der Waals surface area contributed by atoms with Crippen molar-refractivity contribution in [3.63, 3.8) is 0 Å². The third kappa shape index (κ3) is 13.8. The number of ketones is 1. The fourth-order valence-electron chi connectivity index (χ4n) is 10.2. The number of aliphatic imine (C=N–C) groups is 1. The van der Waals surface area contributed by atoms with E-state index in [2.05, 4.69) is 32.3 Å². The van der Waals surface area contributed by atoms with E-state index in [1.54, 1.807) is 22.3 Å². The van der Waals surface area contributed by atoms with Crippen LogP contribution in [0.15, 0.2) is 150 Å².